The molecule has 10 heteroatoms. The average molecular weight is 460 g/mol. The standard InChI is InChI=1S/C21H21N2O6PS/c1-28-30(27,29-12-20(24)25)13-14-4-6-15(7-5-14)21(26)23-18-11-16(8-9-17(18)22)19-3-2-10-31-19/h2-11H,12-13,22H2,1H3,(H,23,26)(H,24,25). The van der Waals surface area contributed by atoms with Crippen molar-refractivity contribution in [1.82, 2.24) is 0 Å². The lowest BCUT2D eigenvalue weighted by atomic mass is 10.1. The molecule has 0 bridgehead atoms. The summed E-state index contributed by atoms with van der Waals surface area (Å²) in [6.45, 7) is -0.725. The van der Waals surface area contributed by atoms with Gasteiger partial charge in [0.25, 0.3) is 5.91 Å². The zero-order chi connectivity index (χ0) is 22.4. The van der Waals surface area contributed by atoms with E-state index in [1.165, 1.54) is 7.11 Å². The van der Waals surface area contributed by atoms with Crippen molar-refractivity contribution in [3.05, 3.63) is 71.1 Å². The van der Waals surface area contributed by atoms with E-state index in [1.807, 2.05) is 29.6 Å². The van der Waals surface area contributed by atoms with Gasteiger partial charge in [0.1, 0.15) is 0 Å². The molecule has 0 fully saturated rings. The number of carboxylic acid groups (broad SMARTS) is 1. The van der Waals surface area contributed by atoms with Gasteiger partial charge in [-0.1, -0.05) is 24.3 Å². The first-order chi connectivity index (χ1) is 14.8. The number of carboxylic acids is 1. The predicted octanol–water partition coefficient (Wildman–Crippen LogP) is 4.69. The van der Waals surface area contributed by atoms with Crippen molar-refractivity contribution in [3.8, 4) is 10.4 Å². The molecule has 0 aliphatic carbocycles. The van der Waals surface area contributed by atoms with Gasteiger partial charge in [-0.15, -0.1) is 11.3 Å². The molecule has 1 aromatic heterocycles. The van der Waals surface area contributed by atoms with Crippen LogP contribution in [-0.4, -0.2) is 30.7 Å². The van der Waals surface area contributed by atoms with Crippen LogP contribution in [0.2, 0.25) is 0 Å². The van der Waals surface area contributed by atoms with Gasteiger partial charge in [-0.05, 0) is 46.8 Å². The Balaban J connectivity index is 1.70. The van der Waals surface area contributed by atoms with Crippen molar-refractivity contribution < 1.29 is 28.3 Å². The van der Waals surface area contributed by atoms with Gasteiger partial charge in [-0.3, -0.25) is 13.9 Å². The minimum Gasteiger partial charge on any atom is -0.480 e. The summed E-state index contributed by atoms with van der Waals surface area (Å²) in [6.07, 6.45) is -0.117. The third-order valence-corrected chi connectivity index (χ3v) is 7.11. The molecule has 3 rings (SSSR count). The van der Waals surface area contributed by atoms with Crippen molar-refractivity contribution in [1.29, 1.82) is 0 Å². The van der Waals surface area contributed by atoms with Gasteiger partial charge in [0.15, 0.2) is 6.61 Å². The van der Waals surface area contributed by atoms with Crippen molar-refractivity contribution in [2.75, 3.05) is 24.8 Å². The Kier molecular flexibility index (Phi) is 7.25. The molecule has 0 aliphatic rings. The third-order valence-electron chi connectivity index (χ3n) is 4.36. The van der Waals surface area contributed by atoms with E-state index in [-0.39, 0.29) is 12.1 Å². The number of nitrogen functional groups attached to an aromatic ring is 1. The number of benzene rings is 2. The first kappa shape index (κ1) is 22.7. The molecule has 0 spiro atoms. The Bertz CT molecular complexity index is 1120. The molecular weight excluding hydrogens is 439 g/mol. The van der Waals surface area contributed by atoms with Crippen LogP contribution in [0.4, 0.5) is 11.4 Å². The monoisotopic (exact) mass is 460 g/mol. The Labute approximate surface area is 183 Å². The van der Waals surface area contributed by atoms with Crippen LogP contribution in [0.1, 0.15) is 15.9 Å². The fraction of sp³-hybridized carbons (Fsp3) is 0.143. The molecule has 2 aromatic carbocycles. The number of hydrogen-bond donors (Lipinski definition) is 3. The van der Waals surface area contributed by atoms with Crippen LogP contribution in [0.3, 0.4) is 0 Å². The second-order valence-electron chi connectivity index (χ2n) is 6.55. The molecule has 1 unspecified atom stereocenters. The first-order valence-electron chi connectivity index (χ1n) is 9.14. The number of aliphatic carboxylic acids is 1. The lowest BCUT2D eigenvalue weighted by molar-refractivity contribution is -0.139. The minimum absolute atomic E-state index is 0.117. The van der Waals surface area contributed by atoms with Gasteiger partial charge < -0.3 is 20.7 Å². The number of nitrogens with two attached hydrogens (primary N) is 1. The maximum Gasteiger partial charge on any atom is 0.335 e. The van der Waals surface area contributed by atoms with E-state index in [4.69, 9.17) is 19.9 Å². The zero-order valence-corrected chi connectivity index (χ0v) is 18.3. The molecule has 1 amide bonds. The van der Waals surface area contributed by atoms with Crippen LogP contribution in [0.25, 0.3) is 10.4 Å². The molecule has 0 aliphatic heterocycles. The van der Waals surface area contributed by atoms with Gasteiger partial charge in [0, 0.05) is 17.6 Å². The highest BCUT2D eigenvalue weighted by Gasteiger charge is 2.25. The van der Waals surface area contributed by atoms with E-state index < -0.39 is 20.2 Å². The molecular formula is C21H21N2O6PS. The first-order valence-corrected chi connectivity index (χ1v) is 11.8. The third kappa shape index (κ3) is 6.02. The summed E-state index contributed by atoms with van der Waals surface area (Å²) in [6, 6.07) is 15.8. The fourth-order valence-electron chi connectivity index (χ4n) is 2.76. The number of carbonyl (C=O) groups excluding carboxylic acids is 1. The molecule has 3 aromatic rings. The molecule has 162 valence electrons. The molecule has 0 radical (unpaired) electrons. The van der Waals surface area contributed by atoms with Gasteiger partial charge in [0.2, 0.25) is 0 Å². The minimum atomic E-state index is -3.60. The second-order valence-corrected chi connectivity index (χ2v) is 9.66. The fourth-order valence-corrected chi connectivity index (χ4v) is 4.77. The summed E-state index contributed by atoms with van der Waals surface area (Å²) in [5.74, 6) is -1.59. The number of carbonyl (C=O) groups is 2. The number of rotatable bonds is 9. The van der Waals surface area contributed by atoms with E-state index in [0.29, 0.717) is 22.5 Å². The average Bonchev–Trinajstić information content (AvgIpc) is 3.29. The van der Waals surface area contributed by atoms with E-state index in [2.05, 4.69) is 5.32 Å². The molecule has 1 heterocycles. The summed E-state index contributed by atoms with van der Waals surface area (Å²) in [4.78, 5) is 24.4. The quantitative estimate of drug-likeness (QED) is 0.312. The summed E-state index contributed by atoms with van der Waals surface area (Å²) in [5.41, 5.74) is 8.87. The van der Waals surface area contributed by atoms with E-state index in [1.54, 1.807) is 41.7 Å². The lowest BCUT2D eigenvalue weighted by Crippen LogP contribution is -2.13. The van der Waals surface area contributed by atoms with Gasteiger partial charge >= 0.3 is 13.6 Å². The molecule has 1 atom stereocenters. The summed E-state index contributed by atoms with van der Waals surface area (Å²) < 4.78 is 22.3. The SMILES string of the molecule is COP(=O)(Cc1ccc(C(=O)Nc2cc(-c3cccs3)ccc2N)cc1)OCC(=O)O. The molecule has 0 saturated heterocycles. The van der Waals surface area contributed by atoms with Crippen LogP contribution < -0.4 is 11.1 Å². The van der Waals surface area contributed by atoms with Crippen LogP contribution in [0.5, 0.6) is 0 Å². The maximum absolute atomic E-state index is 12.7. The van der Waals surface area contributed by atoms with Crippen LogP contribution in [-0.2, 0) is 24.6 Å². The predicted molar refractivity (Wildman–Crippen MR) is 120 cm³/mol. The van der Waals surface area contributed by atoms with Crippen molar-refractivity contribution >= 4 is 42.2 Å². The summed E-state index contributed by atoms with van der Waals surface area (Å²) >= 11 is 1.59. The topological polar surface area (TPSA) is 128 Å². The summed E-state index contributed by atoms with van der Waals surface area (Å²) in [7, 11) is -2.41. The number of hydrogen-bond acceptors (Lipinski definition) is 7. The number of nitrogens with one attached hydrogen (secondary N) is 1. The van der Waals surface area contributed by atoms with E-state index in [9.17, 15) is 14.2 Å². The van der Waals surface area contributed by atoms with Crippen molar-refractivity contribution in [3.63, 3.8) is 0 Å². The Morgan fingerprint density at radius 3 is 2.52 bits per heavy atom. The highest BCUT2D eigenvalue weighted by molar-refractivity contribution is 7.53. The van der Waals surface area contributed by atoms with Crippen molar-refractivity contribution in [2.24, 2.45) is 0 Å². The van der Waals surface area contributed by atoms with Crippen molar-refractivity contribution in [2.45, 2.75) is 6.16 Å². The Morgan fingerprint density at radius 2 is 1.90 bits per heavy atom. The van der Waals surface area contributed by atoms with Gasteiger partial charge in [-0.2, -0.15) is 0 Å². The molecule has 4 N–H and O–H groups in total. The van der Waals surface area contributed by atoms with E-state index >= 15 is 0 Å². The Morgan fingerprint density at radius 1 is 1.16 bits per heavy atom. The van der Waals surface area contributed by atoms with Crippen LogP contribution >= 0.6 is 18.9 Å². The smallest absolute Gasteiger partial charge is 0.335 e. The molecule has 0 saturated carbocycles. The highest BCUT2D eigenvalue weighted by Crippen LogP contribution is 2.50. The van der Waals surface area contributed by atoms with Crippen LogP contribution in [0.15, 0.2) is 60.0 Å². The Hall–Kier alpha value is -2.97. The maximum atomic E-state index is 12.7. The normalized spacial score (nSPS) is 12.8. The lowest BCUT2D eigenvalue weighted by Gasteiger charge is -2.15. The summed E-state index contributed by atoms with van der Waals surface area (Å²) in [5, 5.41) is 13.5. The highest BCUT2D eigenvalue weighted by atomic mass is 32.1. The van der Waals surface area contributed by atoms with Gasteiger partial charge in [-0.25, -0.2) is 4.79 Å². The van der Waals surface area contributed by atoms with E-state index in [0.717, 1.165) is 10.4 Å². The number of anilines is 2. The number of amides is 1. The molecule has 31 heavy (non-hydrogen) atoms. The number of thiophene rings is 1. The van der Waals surface area contributed by atoms with Crippen LogP contribution in [0, 0.1) is 0 Å². The second kappa shape index (κ2) is 9.89. The molecule has 8 nitrogen and oxygen atoms in total. The largest absolute Gasteiger partial charge is 0.480 e. The van der Waals surface area contributed by atoms with Gasteiger partial charge in [0.05, 0.1) is 17.5 Å². The zero-order valence-electron chi connectivity index (χ0n) is 16.6.